The van der Waals surface area contributed by atoms with Crippen LogP contribution in [0.4, 0.5) is 0 Å². The molecule has 4 nitrogen and oxygen atoms in total. The zero-order valence-electron chi connectivity index (χ0n) is 9.64. The van der Waals surface area contributed by atoms with Crippen LogP contribution in [0.5, 0.6) is 11.5 Å². The molecule has 0 heterocycles. The van der Waals surface area contributed by atoms with E-state index in [1.165, 1.54) is 18.2 Å². The van der Waals surface area contributed by atoms with Gasteiger partial charge >= 0.3 is 0 Å². The number of hydrogen-bond acceptors (Lipinski definition) is 4. The molecule has 1 atom stereocenters. The van der Waals surface area contributed by atoms with Gasteiger partial charge in [0.2, 0.25) is 0 Å². The van der Waals surface area contributed by atoms with Gasteiger partial charge in [-0.15, -0.1) is 0 Å². The van der Waals surface area contributed by atoms with Gasteiger partial charge in [-0.1, -0.05) is 13.8 Å². The molecule has 0 aromatic heterocycles. The van der Waals surface area contributed by atoms with Gasteiger partial charge in [-0.2, -0.15) is 0 Å². The third kappa shape index (κ3) is 4.08. The van der Waals surface area contributed by atoms with E-state index in [2.05, 4.69) is 19.2 Å². The Morgan fingerprint density at radius 1 is 1.06 bits per heavy atom. The Morgan fingerprint density at radius 2 is 1.62 bits per heavy atom. The Kier molecular flexibility index (Phi) is 4.58. The van der Waals surface area contributed by atoms with Crippen LogP contribution in [0.25, 0.3) is 0 Å². The summed E-state index contributed by atoms with van der Waals surface area (Å²) >= 11 is 0. The molecule has 1 rings (SSSR count). The normalized spacial score (nSPS) is 13.0. The molecule has 0 aliphatic carbocycles. The van der Waals surface area contributed by atoms with Crippen LogP contribution < -0.4 is 5.32 Å². The molecule has 0 saturated carbocycles. The van der Waals surface area contributed by atoms with Crippen LogP contribution in [0, 0.1) is 5.92 Å². The SMILES string of the molecule is CC(C)CNCC(O)c1cc(O)cc(O)c1. The third-order valence-electron chi connectivity index (χ3n) is 2.20. The molecule has 1 aromatic rings. The third-order valence-corrected chi connectivity index (χ3v) is 2.20. The first kappa shape index (κ1) is 12.8. The van der Waals surface area contributed by atoms with E-state index in [0.29, 0.717) is 18.0 Å². The minimum absolute atomic E-state index is 0.0436. The minimum atomic E-state index is -0.725. The number of nitrogens with one attached hydrogen (secondary N) is 1. The van der Waals surface area contributed by atoms with E-state index in [4.69, 9.17) is 0 Å². The summed E-state index contributed by atoms with van der Waals surface area (Å²) in [5.41, 5.74) is 0.508. The average Bonchev–Trinajstić information content (AvgIpc) is 2.15. The number of phenols is 2. The summed E-state index contributed by atoms with van der Waals surface area (Å²) in [6.07, 6.45) is -0.725. The van der Waals surface area contributed by atoms with Gasteiger partial charge in [-0.3, -0.25) is 0 Å². The highest BCUT2D eigenvalue weighted by atomic mass is 16.3. The second kappa shape index (κ2) is 5.72. The maximum absolute atomic E-state index is 9.80. The summed E-state index contributed by atoms with van der Waals surface area (Å²) in [5, 5.41) is 31.4. The second-order valence-electron chi connectivity index (χ2n) is 4.35. The van der Waals surface area contributed by atoms with E-state index in [0.717, 1.165) is 6.54 Å². The number of hydrogen-bond donors (Lipinski definition) is 4. The van der Waals surface area contributed by atoms with Crippen LogP contribution in [-0.4, -0.2) is 28.4 Å². The molecular formula is C12H19NO3. The Labute approximate surface area is 95.6 Å². The number of phenolic OH excluding ortho intramolecular Hbond substituents is 2. The maximum atomic E-state index is 9.80. The predicted octanol–water partition coefficient (Wildman–Crippen LogP) is 1.38. The fourth-order valence-electron chi connectivity index (χ4n) is 1.44. The summed E-state index contributed by atoms with van der Waals surface area (Å²) in [6, 6.07) is 4.13. The summed E-state index contributed by atoms with van der Waals surface area (Å²) in [7, 11) is 0. The molecule has 4 N–H and O–H groups in total. The lowest BCUT2D eigenvalue weighted by molar-refractivity contribution is 0.172. The van der Waals surface area contributed by atoms with Crippen LogP contribution in [-0.2, 0) is 0 Å². The zero-order valence-corrected chi connectivity index (χ0v) is 9.64. The van der Waals surface area contributed by atoms with E-state index in [-0.39, 0.29) is 11.5 Å². The average molecular weight is 225 g/mol. The van der Waals surface area contributed by atoms with Crippen molar-refractivity contribution in [3.8, 4) is 11.5 Å². The number of aromatic hydroxyl groups is 2. The highest BCUT2D eigenvalue weighted by Crippen LogP contribution is 2.24. The van der Waals surface area contributed by atoms with Crippen molar-refractivity contribution in [1.82, 2.24) is 5.32 Å². The van der Waals surface area contributed by atoms with Crippen LogP contribution >= 0.6 is 0 Å². The van der Waals surface area contributed by atoms with Crippen molar-refractivity contribution in [3.63, 3.8) is 0 Å². The number of aliphatic hydroxyl groups excluding tert-OH is 1. The Hall–Kier alpha value is -1.26. The first-order chi connectivity index (χ1) is 7.49. The minimum Gasteiger partial charge on any atom is -0.508 e. The number of benzene rings is 1. The Balaban J connectivity index is 2.55. The molecule has 0 aliphatic heterocycles. The molecule has 0 spiro atoms. The Bertz CT molecular complexity index is 319. The lowest BCUT2D eigenvalue weighted by Gasteiger charge is -2.14. The van der Waals surface area contributed by atoms with Crippen molar-refractivity contribution in [3.05, 3.63) is 23.8 Å². The first-order valence-corrected chi connectivity index (χ1v) is 5.40. The van der Waals surface area contributed by atoms with E-state index in [1.54, 1.807) is 0 Å². The fourth-order valence-corrected chi connectivity index (χ4v) is 1.44. The van der Waals surface area contributed by atoms with Gasteiger partial charge in [0.1, 0.15) is 11.5 Å². The molecule has 4 heteroatoms. The molecule has 0 radical (unpaired) electrons. The van der Waals surface area contributed by atoms with Crippen molar-refractivity contribution in [2.45, 2.75) is 20.0 Å². The standard InChI is InChI=1S/C12H19NO3/c1-8(2)6-13-7-12(16)9-3-10(14)5-11(15)4-9/h3-5,8,12-16H,6-7H2,1-2H3. The number of aliphatic hydroxyl groups is 1. The van der Waals surface area contributed by atoms with Gasteiger partial charge in [0, 0.05) is 12.6 Å². The first-order valence-electron chi connectivity index (χ1n) is 5.40. The van der Waals surface area contributed by atoms with Gasteiger partial charge in [0.25, 0.3) is 0 Å². The summed E-state index contributed by atoms with van der Waals surface area (Å²) in [6.45, 7) is 5.39. The van der Waals surface area contributed by atoms with Crippen molar-refractivity contribution >= 4 is 0 Å². The predicted molar refractivity (Wildman–Crippen MR) is 62.4 cm³/mol. The molecule has 16 heavy (non-hydrogen) atoms. The molecule has 0 amide bonds. The van der Waals surface area contributed by atoms with E-state index >= 15 is 0 Å². The quantitative estimate of drug-likeness (QED) is 0.611. The molecule has 1 aromatic carbocycles. The molecule has 0 fully saturated rings. The highest BCUT2D eigenvalue weighted by molar-refractivity contribution is 5.37. The van der Waals surface area contributed by atoms with E-state index in [1.807, 2.05) is 0 Å². The van der Waals surface area contributed by atoms with Crippen LogP contribution in [0.15, 0.2) is 18.2 Å². The van der Waals surface area contributed by atoms with Gasteiger partial charge in [-0.25, -0.2) is 0 Å². The Morgan fingerprint density at radius 3 is 2.12 bits per heavy atom. The monoisotopic (exact) mass is 225 g/mol. The van der Waals surface area contributed by atoms with Gasteiger partial charge in [-0.05, 0) is 30.2 Å². The zero-order chi connectivity index (χ0) is 12.1. The smallest absolute Gasteiger partial charge is 0.119 e. The molecule has 90 valence electrons. The second-order valence-corrected chi connectivity index (χ2v) is 4.35. The molecule has 0 saturated heterocycles. The van der Waals surface area contributed by atoms with Crippen molar-refractivity contribution < 1.29 is 15.3 Å². The summed E-state index contributed by atoms with van der Waals surface area (Å²) < 4.78 is 0. The van der Waals surface area contributed by atoms with E-state index in [9.17, 15) is 15.3 Å². The molecule has 0 bridgehead atoms. The molecule has 0 aliphatic rings. The van der Waals surface area contributed by atoms with E-state index < -0.39 is 6.10 Å². The topological polar surface area (TPSA) is 72.7 Å². The number of rotatable bonds is 5. The lowest BCUT2D eigenvalue weighted by atomic mass is 10.1. The fraction of sp³-hybridized carbons (Fsp3) is 0.500. The largest absolute Gasteiger partial charge is 0.508 e. The van der Waals surface area contributed by atoms with Gasteiger partial charge in [0.15, 0.2) is 0 Å². The van der Waals surface area contributed by atoms with Crippen LogP contribution in [0.3, 0.4) is 0 Å². The van der Waals surface area contributed by atoms with Crippen molar-refractivity contribution in [1.29, 1.82) is 0 Å². The highest BCUT2D eigenvalue weighted by Gasteiger charge is 2.09. The lowest BCUT2D eigenvalue weighted by Crippen LogP contribution is -2.25. The summed E-state index contributed by atoms with van der Waals surface area (Å²) in [5.74, 6) is 0.431. The maximum Gasteiger partial charge on any atom is 0.119 e. The van der Waals surface area contributed by atoms with Gasteiger partial charge in [0.05, 0.1) is 6.10 Å². The van der Waals surface area contributed by atoms with Crippen LogP contribution in [0.1, 0.15) is 25.5 Å². The van der Waals surface area contributed by atoms with Crippen molar-refractivity contribution in [2.24, 2.45) is 5.92 Å². The van der Waals surface area contributed by atoms with Crippen LogP contribution in [0.2, 0.25) is 0 Å². The summed E-state index contributed by atoms with van der Waals surface area (Å²) in [4.78, 5) is 0. The molecule has 1 unspecified atom stereocenters. The van der Waals surface area contributed by atoms with Gasteiger partial charge < -0.3 is 20.6 Å². The van der Waals surface area contributed by atoms with Crippen molar-refractivity contribution in [2.75, 3.05) is 13.1 Å². The molecular weight excluding hydrogens is 206 g/mol.